The largest absolute Gasteiger partial charge is 0.317 e. The molecule has 2 fully saturated rings. The zero-order valence-electron chi connectivity index (χ0n) is 31.9. The number of piperidine rings is 2. The van der Waals surface area contributed by atoms with Crippen LogP contribution in [-0.2, 0) is 10.8 Å². The summed E-state index contributed by atoms with van der Waals surface area (Å²) < 4.78 is 0. The van der Waals surface area contributed by atoms with Crippen molar-refractivity contribution < 1.29 is 9.59 Å². The highest BCUT2D eigenvalue weighted by atomic mass is 35.5. The molecule has 9 rings (SSSR count). The first-order valence-electron chi connectivity index (χ1n) is 19.5. The Kier molecular flexibility index (Phi) is 12.6. The van der Waals surface area contributed by atoms with E-state index in [4.69, 9.17) is 69.6 Å². The van der Waals surface area contributed by atoms with E-state index in [9.17, 15) is 9.59 Å². The molecule has 304 valence electrons. The van der Waals surface area contributed by atoms with Gasteiger partial charge in [-0.3, -0.25) is 14.5 Å². The van der Waals surface area contributed by atoms with Crippen LogP contribution in [0.1, 0.15) is 63.1 Å². The van der Waals surface area contributed by atoms with Crippen molar-refractivity contribution in [3.05, 3.63) is 156 Å². The van der Waals surface area contributed by atoms with Crippen LogP contribution >= 0.6 is 69.6 Å². The Balaban J connectivity index is 0.000000176. The Hall–Kier alpha value is -3.70. The van der Waals surface area contributed by atoms with Crippen LogP contribution in [0.4, 0.5) is 11.4 Å². The average Bonchev–Trinajstić information content (AvgIpc) is 3.71. The zero-order chi connectivity index (χ0) is 41.3. The van der Waals surface area contributed by atoms with Crippen molar-refractivity contribution in [2.75, 3.05) is 55.6 Å². The second-order valence-electron chi connectivity index (χ2n) is 15.5. The summed E-state index contributed by atoms with van der Waals surface area (Å²) in [6.07, 6.45) is 11.1. The minimum atomic E-state index is -0.122. The van der Waals surface area contributed by atoms with Gasteiger partial charge in [0, 0.05) is 75.4 Å². The minimum Gasteiger partial charge on any atom is -0.317 e. The zero-order valence-corrected chi connectivity index (χ0v) is 36.4. The number of nitrogens with one attached hydrogen (secondary N) is 1. The van der Waals surface area contributed by atoms with Crippen LogP contribution in [-0.4, -0.2) is 72.5 Å². The lowest BCUT2D eigenvalue weighted by Crippen LogP contribution is -2.46. The van der Waals surface area contributed by atoms with Crippen molar-refractivity contribution in [1.82, 2.24) is 20.2 Å². The lowest BCUT2D eigenvalue weighted by Gasteiger charge is -2.39. The van der Waals surface area contributed by atoms with E-state index < -0.39 is 0 Å². The third kappa shape index (κ3) is 8.75. The number of aromatic nitrogens is 2. The smallest absolute Gasteiger partial charge is 0.258 e. The maximum absolute atomic E-state index is 13.4. The lowest BCUT2D eigenvalue weighted by atomic mass is 9.74. The van der Waals surface area contributed by atoms with Gasteiger partial charge in [0.1, 0.15) is 10.3 Å². The molecule has 2 spiro atoms. The fraction of sp³-hybridized carbons (Fsp3) is 0.289. The summed E-state index contributed by atoms with van der Waals surface area (Å²) in [5.41, 5.74) is 6.09. The van der Waals surface area contributed by atoms with Gasteiger partial charge in [-0.2, -0.15) is 0 Å². The number of hydrogen-bond donors (Lipinski definition) is 1. The summed E-state index contributed by atoms with van der Waals surface area (Å²) in [6.45, 7) is 5.88. The quantitative estimate of drug-likeness (QED) is 0.177. The summed E-state index contributed by atoms with van der Waals surface area (Å²) in [4.78, 5) is 40.6. The Morgan fingerprint density at radius 2 is 1.19 bits per heavy atom. The number of halogens is 6. The monoisotopic (exact) mass is 906 g/mol. The van der Waals surface area contributed by atoms with Crippen LogP contribution < -0.4 is 15.1 Å². The second-order valence-corrected chi connectivity index (χ2v) is 17.9. The van der Waals surface area contributed by atoms with Gasteiger partial charge in [0.05, 0.1) is 10.0 Å². The van der Waals surface area contributed by atoms with Crippen molar-refractivity contribution >= 4 is 98.9 Å². The van der Waals surface area contributed by atoms with Gasteiger partial charge in [-0.25, -0.2) is 9.97 Å². The molecule has 0 atom stereocenters. The van der Waals surface area contributed by atoms with Gasteiger partial charge in [-0.1, -0.05) is 93.9 Å². The highest BCUT2D eigenvalue weighted by Gasteiger charge is 2.47. The molecule has 8 nitrogen and oxygen atoms in total. The first-order chi connectivity index (χ1) is 28.4. The summed E-state index contributed by atoms with van der Waals surface area (Å²) in [6, 6.07) is 23.9. The predicted octanol–water partition coefficient (Wildman–Crippen LogP) is 11.1. The summed E-state index contributed by atoms with van der Waals surface area (Å²) in [5.74, 6) is -0.114. The molecule has 4 aliphatic heterocycles. The van der Waals surface area contributed by atoms with Crippen molar-refractivity contribution in [3.63, 3.8) is 0 Å². The van der Waals surface area contributed by atoms with Crippen molar-refractivity contribution in [2.24, 2.45) is 0 Å². The lowest BCUT2D eigenvalue weighted by molar-refractivity contribution is 0.0972. The third-order valence-electron chi connectivity index (χ3n) is 12.0. The van der Waals surface area contributed by atoms with E-state index in [1.807, 2.05) is 64.4 Å². The number of anilines is 2. The van der Waals surface area contributed by atoms with Gasteiger partial charge in [-0.15, -0.1) is 0 Å². The van der Waals surface area contributed by atoms with E-state index in [-0.39, 0.29) is 22.6 Å². The average molecular weight is 910 g/mol. The van der Waals surface area contributed by atoms with Crippen LogP contribution in [0.2, 0.25) is 30.4 Å². The molecule has 2 amide bonds. The van der Waals surface area contributed by atoms with Gasteiger partial charge < -0.3 is 15.1 Å². The summed E-state index contributed by atoms with van der Waals surface area (Å²) in [7, 11) is 0. The van der Waals surface area contributed by atoms with E-state index in [0.29, 0.717) is 54.6 Å². The summed E-state index contributed by atoms with van der Waals surface area (Å²) >= 11 is 37.1. The van der Waals surface area contributed by atoms with Crippen LogP contribution in [0.5, 0.6) is 0 Å². The standard InChI is InChI=1S/C27H23Cl4N3O.C18H17Cl2N3O/c28-20-6-7-23-21(16-20)27(17-34(23)26(35)19-8-11-32-24(30)15-19)9-13-33(14-10-27)12-2-4-18-3-1-5-22(29)25(18)31;19-13-1-2-15-14(10-13)18(4-7-21-8-5-18)11-23(15)17(24)12-3-6-22-16(20)9-12/h1-8,11,15-16H,9-10,12-14,17H2;1-3,6,9-10,21H,4-5,7-8,11H2/b4-2+;. The fourth-order valence-electron chi connectivity index (χ4n) is 8.93. The molecule has 14 heteroatoms. The fourth-order valence-corrected chi connectivity index (χ4v) is 9.99. The highest BCUT2D eigenvalue weighted by Crippen LogP contribution is 2.49. The molecular weight excluding hydrogens is 869 g/mol. The molecule has 3 aromatic carbocycles. The van der Waals surface area contributed by atoms with Gasteiger partial charge in [0.15, 0.2) is 0 Å². The van der Waals surface area contributed by atoms with Gasteiger partial charge in [-0.05, 0) is 135 Å². The predicted molar refractivity (Wildman–Crippen MR) is 241 cm³/mol. The van der Waals surface area contributed by atoms with Crippen molar-refractivity contribution in [1.29, 1.82) is 0 Å². The Morgan fingerprint density at radius 1 is 0.661 bits per heavy atom. The van der Waals surface area contributed by atoms with Gasteiger partial charge in [0.2, 0.25) is 0 Å². The molecule has 4 aliphatic rings. The molecule has 1 N–H and O–H groups in total. The molecular formula is C45H40Cl6N6O2. The number of benzene rings is 3. The highest BCUT2D eigenvalue weighted by molar-refractivity contribution is 6.42. The molecule has 0 radical (unpaired) electrons. The van der Waals surface area contributed by atoms with E-state index in [2.05, 4.69) is 26.3 Å². The Labute approximate surface area is 374 Å². The number of carbonyl (C=O) groups excluding carboxylic acids is 2. The van der Waals surface area contributed by atoms with E-state index >= 15 is 0 Å². The van der Waals surface area contributed by atoms with Crippen LogP contribution in [0.25, 0.3) is 6.08 Å². The number of likely N-dealkylation sites (tertiary alicyclic amines) is 1. The van der Waals surface area contributed by atoms with Gasteiger partial charge in [0.25, 0.3) is 11.8 Å². The number of hydrogen-bond acceptors (Lipinski definition) is 6. The number of fused-ring (bicyclic) bond motifs is 4. The topological polar surface area (TPSA) is 81.7 Å². The number of amides is 2. The molecule has 5 aromatic rings. The number of nitrogens with zero attached hydrogens (tertiary/aromatic N) is 5. The SMILES string of the molecule is O=C(c1ccnc(Cl)c1)N1CC2(CCN(C/C=C/c3cccc(Cl)c3Cl)CC2)c2cc(Cl)ccc21.O=C(c1ccnc(Cl)c1)N1CC2(CCNCC2)c2cc(Cl)ccc21. The maximum Gasteiger partial charge on any atom is 0.258 e. The van der Waals surface area contributed by atoms with E-state index in [0.717, 1.165) is 80.9 Å². The molecule has 2 aromatic heterocycles. The van der Waals surface area contributed by atoms with Crippen LogP contribution in [0, 0.1) is 0 Å². The summed E-state index contributed by atoms with van der Waals surface area (Å²) in [5, 5.41) is 6.57. The van der Waals surface area contributed by atoms with Crippen molar-refractivity contribution in [3.8, 4) is 0 Å². The molecule has 0 bridgehead atoms. The Bertz CT molecular complexity index is 2430. The van der Waals surface area contributed by atoms with Crippen LogP contribution in [0.15, 0.2) is 97.3 Å². The first-order valence-corrected chi connectivity index (χ1v) is 21.7. The third-order valence-corrected chi connectivity index (χ3v) is 13.7. The molecule has 0 unspecified atom stereocenters. The number of carbonyl (C=O) groups is 2. The van der Waals surface area contributed by atoms with Gasteiger partial charge >= 0.3 is 0 Å². The van der Waals surface area contributed by atoms with Crippen LogP contribution in [0.3, 0.4) is 0 Å². The molecule has 2 saturated heterocycles. The molecule has 0 aliphatic carbocycles. The number of rotatable bonds is 5. The van der Waals surface area contributed by atoms with E-state index in [1.54, 1.807) is 42.7 Å². The normalized spacial score (nSPS) is 17.9. The first kappa shape index (κ1) is 42.0. The minimum absolute atomic E-state index is 0.0159. The molecule has 6 heterocycles. The van der Waals surface area contributed by atoms with E-state index in [1.165, 1.54) is 5.56 Å². The number of pyridine rings is 2. The second kappa shape index (κ2) is 17.7. The molecule has 0 saturated carbocycles. The maximum atomic E-state index is 13.4. The molecule has 59 heavy (non-hydrogen) atoms. The Morgan fingerprint density at radius 3 is 1.71 bits per heavy atom. The van der Waals surface area contributed by atoms with Crippen molar-refractivity contribution in [2.45, 2.75) is 36.5 Å².